The molecule has 6 heteroatoms. The van der Waals surface area contributed by atoms with E-state index in [0.29, 0.717) is 10.8 Å². The highest BCUT2D eigenvalue weighted by atomic mass is 32.1. The molecule has 3 N–H and O–H groups in total. The van der Waals surface area contributed by atoms with E-state index in [1.54, 1.807) is 17.5 Å². The lowest BCUT2D eigenvalue weighted by Gasteiger charge is -2.10. The van der Waals surface area contributed by atoms with E-state index in [2.05, 4.69) is 15.3 Å². The summed E-state index contributed by atoms with van der Waals surface area (Å²) in [6.45, 7) is 1.96. The molecule has 2 aromatic heterocycles. The molecule has 0 radical (unpaired) electrons. The molecule has 4 nitrogen and oxygen atoms in total. The maximum absolute atomic E-state index is 5.78. The lowest BCUT2D eigenvalue weighted by Crippen LogP contribution is -2.14. The minimum Gasteiger partial charge on any atom is -0.389 e. The highest BCUT2D eigenvalue weighted by Crippen LogP contribution is 2.29. The number of pyridine rings is 1. The van der Waals surface area contributed by atoms with Crippen molar-refractivity contribution in [2.45, 2.75) is 6.92 Å². The van der Waals surface area contributed by atoms with Crippen molar-refractivity contribution in [1.82, 2.24) is 9.97 Å². The second-order valence-corrected chi connectivity index (χ2v) is 5.80. The van der Waals surface area contributed by atoms with E-state index in [9.17, 15) is 0 Å². The van der Waals surface area contributed by atoms with Crippen LogP contribution in [0, 0.1) is 6.92 Å². The summed E-state index contributed by atoms with van der Waals surface area (Å²) in [6, 6.07) is 9.87. The molecule has 0 bridgehead atoms. The second-order valence-electron chi connectivity index (χ2n) is 4.33. The van der Waals surface area contributed by atoms with Crippen LogP contribution in [0.15, 0.2) is 36.5 Å². The molecule has 0 unspecified atom stereocenters. The van der Waals surface area contributed by atoms with Gasteiger partial charge in [-0.05, 0) is 30.7 Å². The van der Waals surface area contributed by atoms with Crippen LogP contribution in [0.5, 0.6) is 0 Å². The van der Waals surface area contributed by atoms with E-state index < -0.39 is 0 Å². The number of hydrogen-bond acceptors (Lipinski definition) is 5. The molecule has 0 saturated heterocycles. The Labute approximate surface area is 125 Å². The average Bonchev–Trinajstić information content (AvgIpc) is 2.80. The molecule has 0 saturated carbocycles. The van der Waals surface area contributed by atoms with Gasteiger partial charge in [-0.15, -0.1) is 0 Å². The molecule has 0 atom stereocenters. The van der Waals surface area contributed by atoms with Crippen molar-refractivity contribution in [2.24, 2.45) is 5.73 Å². The third-order valence-corrected chi connectivity index (χ3v) is 4.08. The van der Waals surface area contributed by atoms with Gasteiger partial charge in [-0.3, -0.25) is 0 Å². The van der Waals surface area contributed by atoms with Crippen molar-refractivity contribution in [3.8, 4) is 0 Å². The van der Waals surface area contributed by atoms with Gasteiger partial charge in [-0.2, -0.15) is 0 Å². The molecule has 3 rings (SSSR count). The molecule has 0 amide bonds. The quantitative estimate of drug-likeness (QED) is 0.726. The van der Waals surface area contributed by atoms with E-state index in [0.717, 1.165) is 26.5 Å². The van der Waals surface area contributed by atoms with Gasteiger partial charge in [-0.25, -0.2) is 9.97 Å². The topological polar surface area (TPSA) is 63.8 Å². The molecule has 0 aliphatic heterocycles. The maximum Gasteiger partial charge on any atom is 0.189 e. The molecular weight excluding hydrogens is 288 g/mol. The predicted molar refractivity (Wildman–Crippen MR) is 87.8 cm³/mol. The fraction of sp³-hybridized carbons (Fsp3) is 0.0714. The van der Waals surface area contributed by atoms with Gasteiger partial charge in [0, 0.05) is 6.20 Å². The maximum atomic E-state index is 5.78. The standard InChI is InChI=1S/C14H12N4S2/c1-8-6-7-16-13(11(8)12(15)19)18-14-17-9-4-2-3-5-10(9)20-14/h2-7H,1H3,(H2,15,19)(H,16,17,18). The lowest BCUT2D eigenvalue weighted by molar-refractivity contribution is 1.25. The van der Waals surface area contributed by atoms with Gasteiger partial charge in [0.25, 0.3) is 0 Å². The van der Waals surface area contributed by atoms with Gasteiger partial charge in [0.15, 0.2) is 5.13 Å². The molecule has 20 heavy (non-hydrogen) atoms. The normalized spacial score (nSPS) is 10.7. The first-order valence-corrected chi connectivity index (χ1v) is 7.25. The summed E-state index contributed by atoms with van der Waals surface area (Å²) in [4.78, 5) is 9.17. The zero-order valence-electron chi connectivity index (χ0n) is 10.8. The minimum absolute atomic E-state index is 0.333. The van der Waals surface area contributed by atoms with Crippen molar-refractivity contribution in [3.63, 3.8) is 0 Å². The Kier molecular flexibility index (Phi) is 3.33. The smallest absolute Gasteiger partial charge is 0.189 e. The molecular formula is C14H12N4S2. The third kappa shape index (κ3) is 2.35. The van der Waals surface area contributed by atoms with Gasteiger partial charge >= 0.3 is 0 Å². The van der Waals surface area contributed by atoms with Crippen LogP contribution >= 0.6 is 23.6 Å². The number of aryl methyl sites for hydroxylation is 1. The first-order chi connectivity index (χ1) is 9.65. The number of nitrogens with zero attached hydrogens (tertiary/aromatic N) is 2. The molecule has 0 fully saturated rings. The molecule has 100 valence electrons. The van der Waals surface area contributed by atoms with Gasteiger partial charge in [0.05, 0.1) is 15.8 Å². The van der Waals surface area contributed by atoms with Gasteiger partial charge in [0.2, 0.25) is 0 Å². The number of nitrogens with two attached hydrogens (primary N) is 1. The van der Waals surface area contributed by atoms with Crippen molar-refractivity contribution < 1.29 is 0 Å². The fourth-order valence-electron chi connectivity index (χ4n) is 1.99. The van der Waals surface area contributed by atoms with E-state index in [-0.39, 0.29) is 0 Å². The highest BCUT2D eigenvalue weighted by molar-refractivity contribution is 7.80. The minimum atomic E-state index is 0.333. The number of rotatable bonds is 3. The predicted octanol–water partition coefficient (Wildman–Crippen LogP) is 3.38. The van der Waals surface area contributed by atoms with Crippen LogP contribution in [0.25, 0.3) is 10.2 Å². The van der Waals surface area contributed by atoms with Crippen LogP contribution < -0.4 is 11.1 Å². The number of aromatic nitrogens is 2. The first-order valence-electron chi connectivity index (χ1n) is 6.03. The van der Waals surface area contributed by atoms with Crippen LogP contribution in [0.1, 0.15) is 11.1 Å². The fourth-order valence-corrected chi connectivity index (χ4v) is 3.11. The van der Waals surface area contributed by atoms with Crippen molar-refractivity contribution in [3.05, 3.63) is 47.7 Å². The monoisotopic (exact) mass is 300 g/mol. The molecule has 0 spiro atoms. The number of nitrogens with one attached hydrogen (secondary N) is 1. The summed E-state index contributed by atoms with van der Waals surface area (Å²) >= 11 is 6.67. The molecule has 0 aliphatic carbocycles. The number of thiocarbonyl (C=S) groups is 1. The van der Waals surface area contributed by atoms with Crippen LogP contribution in [0.3, 0.4) is 0 Å². The molecule has 2 heterocycles. The number of thiazole rings is 1. The van der Waals surface area contributed by atoms with Crippen LogP contribution in [0.4, 0.5) is 10.9 Å². The third-order valence-electron chi connectivity index (χ3n) is 2.92. The lowest BCUT2D eigenvalue weighted by atomic mass is 10.1. The molecule has 3 aromatic rings. The van der Waals surface area contributed by atoms with E-state index >= 15 is 0 Å². The van der Waals surface area contributed by atoms with E-state index in [1.807, 2.05) is 37.3 Å². The number of anilines is 2. The Bertz CT molecular complexity index is 762. The Morgan fingerprint density at radius 1 is 1.30 bits per heavy atom. The Hall–Kier alpha value is -2.05. The summed E-state index contributed by atoms with van der Waals surface area (Å²) in [6.07, 6.45) is 1.73. The van der Waals surface area contributed by atoms with Gasteiger partial charge < -0.3 is 11.1 Å². The summed E-state index contributed by atoms with van der Waals surface area (Å²) < 4.78 is 1.12. The van der Waals surface area contributed by atoms with Gasteiger partial charge in [0.1, 0.15) is 10.8 Å². The highest BCUT2D eigenvalue weighted by Gasteiger charge is 2.12. The Morgan fingerprint density at radius 2 is 2.10 bits per heavy atom. The van der Waals surface area contributed by atoms with Crippen molar-refractivity contribution in [2.75, 3.05) is 5.32 Å². The van der Waals surface area contributed by atoms with E-state index in [1.165, 1.54) is 0 Å². The first kappa shape index (κ1) is 13.0. The second kappa shape index (κ2) is 5.15. The number of para-hydroxylation sites is 1. The molecule has 0 aliphatic rings. The van der Waals surface area contributed by atoms with Gasteiger partial charge in [-0.1, -0.05) is 35.7 Å². The Balaban J connectivity index is 2.02. The largest absolute Gasteiger partial charge is 0.389 e. The summed E-state index contributed by atoms with van der Waals surface area (Å²) in [7, 11) is 0. The van der Waals surface area contributed by atoms with E-state index in [4.69, 9.17) is 18.0 Å². The summed E-state index contributed by atoms with van der Waals surface area (Å²) in [5, 5.41) is 3.99. The zero-order chi connectivity index (χ0) is 14.1. The van der Waals surface area contributed by atoms with Crippen LogP contribution in [-0.4, -0.2) is 15.0 Å². The number of benzene rings is 1. The number of fused-ring (bicyclic) bond motifs is 1. The Morgan fingerprint density at radius 3 is 2.85 bits per heavy atom. The summed E-state index contributed by atoms with van der Waals surface area (Å²) in [5.74, 6) is 0.650. The summed E-state index contributed by atoms with van der Waals surface area (Å²) in [5.41, 5.74) is 8.50. The zero-order valence-corrected chi connectivity index (χ0v) is 12.4. The molecule has 1 aromatic carbocycles. The van der Waals surface area contributed by atoms with Crippen LogP contribution in [-0.2, 0) is 0 Å². The SMILES string of the molecule is Cc1ccnc(Nc2nc3ccccc3s2)c1C(N)=S. The van der Waals surface area contributed by atoms with Crippen molar-refractivity contribution >= 4 is 49.7 Å². The van der Waals surface area contributed by atoms with Crippen molar-refractivity contribution in [1.29, 1.82) is 0 Å². The average molecular weight is 300 g/mol. The number of hydrogen-bond donors (Lipinski definition) is 2. The van der Waals surface area contributed by atoms with Crippen LogP contribution in [0.2, 0.25) is 0 Å².